The number of nitrogens with one attached hydrogen (secondary N) is 2. The maximum Gasteiger partial charge on any atom is 0.259 e. The number of amides is 1. The second kappa shape index (κ2) is 7.14. The summed E-state index contributed by atoms with van der Waals surface area (Å²) in [6.07, 6.45) is 0.665. The topological polar surface area (TPSA) is 87.7 Å². The van der Waals surface area contributed by atoms with Gasteiger partial charge in [-0.2, -0.15) is 0 Å². The zero-order valence-electron chi connectivity index (χ0n) is 14.5. The number of aromatic amines is 1. The third kappa shape index (κ3) is 3.93. The van der Waals surface area contributed by atoms with Crippen molar-refractivity contribution < 1.29 is 4.79 Å². The van der Waals surface area contributed by atoms with Gasteiger partial charge in [-0.1, -0.05) is 6.07 Å². The number of rotatable bonds is 5. The number of carbonyl (C=O) groups excluding carboxylic acids is 1. The van der Waals surface area contributed by atoms with E-state index in [9.17, 15) is 9.59 Å². The van der Waals surface area contributed by atoms with Crippen molar-refractivity contribution in [3.8, 4) is 0 Å². The molecule has 130 valence electrons. The molecule has 0 radical (unpaired) electrons. The van der Waals surface area contributed by atoms with Gasteiger partial charge in [0.25, 0.3) is 5.56 Å². The lowest BCUT2D eigenvalue weighted by Crippen LogP contribution is -2.24. The Morgan fingerprint density at radius 2 is 2.04 bits per heavy atom. The van der Waals surface area contributed by atoms with E-state index in [1.54, 1.807) is 0 Å². The number of aromatic nitrogens is 3. The molecule has 0 aliphatic rings. The number of nitrogens with zero attached hydrogens (tertiary/aromatic N) is 2. The van der Waals surface area contributed by atoms with Gasteiger partial charge in [0.05, 0.1) is 17.6 Å². The van der Waals surface area contributed by atoms with Crippen molar-refractivity contribution in [2.24, 2.45) is 0 Å². The molecule has 25 heavy (non-hydrogen) atoms. The zero-order chi connectivity index (χ0) is 18.0. The molecule has 7 heteroatoms. The summed E-state index contributed by atoms with van der Waals surface area (Å²) >= 11 is 1.51. The molecule has 6 nitrogen and oxygen atoms in total. The summed E-state index contributed by atoms with van der Waals surface area (Å²) < 4.78 is 0. The van der Waals surface area contributed by atoms with Crippen LogP contribution in [-0.2, 0) is 17.8 Å². The van der Waals surface area contributed by atoms with Gasteiger partial charge in [0.2, 0.25) is 5.91 Å². The van der Waals surface area contributed by atoms with Crippen molar-refractivity contribution in [3.63, 3.8) is 0 Å². The van der Waals surface area contributed by atoms with Crippen LogP contribution in [0.25, 0.3) is 10.2 Å². The number of fused-ring (bicyclic) bond motifs is 1. The fourth-order valence-corrected chi connectivity index (χ4v) is 3.67. The lowest BCUT2D eigenvalue weighted by atomic mass is 10.2. The number of H-pyrrole nitrogens is 1. The van der Waals surface area contributed by atoms with E-state index in [-0.39, 0.29) is 17.9 Å². The Bertz CT molecular complexity index is 990. The van der Waals surface area contributed by atoms with E-state index >= 15 is 0 Å². The van der Waals surface area contributed by atoms with Crippen LogP contribution >= 0.6 is 11.3 Å². The van der Waals surface area contributed by atoms with Gasteiger partial charge in [-0.05, 0) is 38.5 Å². The molecule has 3 aromatic heterocycles. The van der Waals surface area contributed by atoms with Crippen molar-refractivity contribution in [1.82, 2.24) is 20.3 Å². The number of hydrogen-bond acceptors (Lipinski definition) is 5. The van der Waals surface area contributed by atoms with Gasteiger partial charge in [-0.25, -0.2) is 4.98 Å². The molecule has 0 fully saturated rings. The van der Waals surface area contributed by atoms with Crippen molar-refractivity contribution in [1.29, 1.82) is 0 Å². The summed E-state index contributed by atoms with van der Waals surface area (Å²) in [5.74, 6) is 0.451. The first-order valence-corrected chi connectivity index (χ1v) is 8.94. The second-order valence-corrected chi connectivity index (χ2v) is 7.23. The summed E-state index contributed by atoms with van der Waals surface area (Å²) in [5.41, 5.74) is 2.59. The smallest absolute Gasteiger partial charge is 0.259 e. The average molecular weight is 356 g/mol. The van der Waals surface area contributed by atoms with E-state index in [0.717, 1.165) is 26.7 Å². The Morgan fingerprint density at radius 3 is 2.80 bits per heavy atom. The Hall–Kier alpha value is -2.54. The highest BCUT2D eigenvalue weighted by atomic mass is 32.1. The third-order valence-electron chi connectivity index (χ3n) is 4.09. The highest BCUT2D eigenvalue weighted by molar-refractivity contribution is 7.18. The first kappa shape index (κ1) is 17.3. The predicted octanol–water partition coefficient (Wildman–Crippen LogP) is 2.55. The lowest BCUT2D eigenvalue weighted by Gasteiger charge is -2.05. The van der Waals surface area contributed by atoms with Gasteiger partial charge in [0.15, 0.2) is 0 Å². The van der Waals surface area contributed by atoms with Crippen LogP contribution in [0.5, 0.6) is 0 Å². The summed E-state index contributed by atoms with van der Waals surface area (Å²) in [6.45, 7) is 6.22. The van der Waals surface area contributed by atoms with E-state index < -0.39 is 0 Å². The molecule has 0 aromatic carbocycles. The standard InChI is InChI=1S/C18H20N4O2S/c1-10-5-4-6-13(20-10)9-19-15(23)8-7-14-21-17(24)16-11(2)12(3)25-18(16)22-14/h4-6H,7-9H2,1-3H3,(H,19,23)(H,21,22,24). The van der Waals surface area contributed by atoms with Gasteiger partial charge < -0.3 is 10.3 Å². The van der Waals surface area contributed by atoms with Crippen LogP contribution in [0.3, 0.4) is 0 Å². The molecule has 0 saturated carbocycles. The molecule has 2 N–H and O–H groups in total. The predicted molar refractivity (Wildman–Crippen MR) is 98.9 cm³/mol. The number of pyridine rings is 1. The van der Waals surface area contributed by atoms with E-state index in [4.69, 9.17) is 0 Å². The summed E-state index contributed by atoms with van der Waals surface area (Å²) in [4.78, 5) is 37.7. The molecule has 0 unspecified atom stereocenters. The quantitative estimate of drug-likeness (QED) is 0.735. The maximum atomic E-state index is 12.2. The van der Waals surface area contributed by atoms with Crippen LogP contribution in [0, 0.1) is 20.8 Å². The van der Waals surface area contributed by atoms with Crippen molar-refractivity contribution in [2.75, 3.05) is 0 Å². The normalized spacial score (nSPS) is 11.0. The highest BCUT2D eigenvalue weighted by Crippen LogP contribution is 2.25. The molecule has 0 saturated heterocycles. The molecule has 0 aliphatic carbocycles. The molecule has 0 atom stereocenters. The van der Waals surface area contributed by atoms with Gasteiger partial charge in [-0.15, -0.1) is 11.3 Å². The number of carbonyl (C=O) groups is 1. The fourth-order valence-electron chi connectivity index (χ4n) is 2.63. The number of hydrogen-bond donors (Lipinski definition) is 2. The Morgan fingerprint density at radius 1 is 1.24 bits per heavy atom. The van der Waals surface area contributed by atoms with E-state index in [1.165, 1.54) is 11.3 Å². The van der Waals surface area contributed by atoms with Crippen LogP contribution in [0.4, 0.5) is 0 Å². The lowest BCUT2D eigenvalue weighted by molar-refractivity contribution is -0.121. The molecule has 0 bridgehead atoms. The van der Waals surface area contributed by atoms with Crippen LogP contribution < -0.4 is 10.9 Å². The molecule has 3 aromatic rings. The van der Waals surface area contributed by atoms with E-state index in [1.807, 2.05) is 39.0 Å². The average Bonchev–Trinajstić information content (AvgIpc) is 2.86. The summed E-state index contributed by atoms with van der Waals surface area (Å²) in [5, 5.41) is 3.50. The maximum absolute atomic E-state index is 12.2. The Labute approximate surface area is 149 Å². The van der Waals surface area contributed by atoms with Crippen molar-refractivity contribution in [2.45, 2.75) is 40.2 Å². The van der Waals surface area contributed by atoms with E-state index in [2.05, 4.69) is 20.3 Å². The third-order valence-corrected chi connectivity index (χ3v) is 5.19. The Balaban J connectivity index is 1.62. The van der Waals surface area contributed by atoms with Crippen LogP contribution in [-0.4, -0.2) is 20.9 Å². The molecule has 3 rings (SSSR count). The van der Waals surface area contributed by atoms with Crippen LogP contribution in [0.2, 0.25) is 0 Å². The molecule has 3 heterocycles. The van der Waals surface area contributed by atoms with Gasteiger partial charge in [0, 0.05) is 23.4 Å². The first-order valence-electron chi connectivity index (χ1n) is 8.12. The summed E-state index contributed by atoms with van der Waals surface area (Å²) in [6, 6.07) is 5.71. The Kier molecular flexibility index (Phi) is 4.94. The van der Waals surface area contributed by atoms with Gasteiger partial charge >= 0.3 is 0 Å². The minimum atomic E-state index is -0.133. The monoisotopic (exact) mass is 356 g/mol. The molecular formula is C18H20N4O2S. The number of thiophene rings is 1. The van der Waals surface area contributed by atoms with Crippen molar-refractivity contribution in [3.05, 3.63) is 56.2 Å². The number of aryl methyl sites for hydroxylation is 4. The second-order valence-electron chi connectivity index (χ2n) is 6.02. The first-order chi connectivity index (χ1) is 11.9. The molecule has 0 spiro atoms. The largest absolute Gasteiger partial charge is 0.350 e. The SMILES string of the molecule is Cc1cccc(CNC(=O)CCc2nc3sc(C)c(C)c3c(=O)[nH]2)n1. The highest BCUT2D eigenvalue weighted by Gasteiger charge is 2.12. The molecule has 0 aliphatic heterocycles. The molecule has 1 amide bonds. The van der Waals surface area contributed by atoms with Gasteiger partial charge in [0.1, 0.15) is 10.7 Å². The fraction of sp³-hybridized carbons (Fsp3) is 0.333. The molecular weight excluding hydrogens is 336 g/mol. The van der Waals surface area contributed by atoms with E-state index in [0.29, 0.717) is 24.2 Å². The van der Waals surface area contributed by atoms with Crippen molar-refractivity contribution >= 4 is 27.5 Å². The minimum absolute atomic E-state index is 0.0930. The zero-order valence-corrected chi connectivity index (χ0v) is 15.3. The van der Waals surface area contributed by atoms with Crippen LogP contribution in [0.1, 0.15) is 34.1 Å². The van der Waals surface area contributed by atoms with Crippen LogP contribution in [0.15, 0.2) is 23.0 Å². The van der Waals surface area contributed by atoms with Gasteiger partial charge in [-0.3, -0.25) is 14.6 Å². The minimum Gasteiger partial charge on any atom is -0.350 e. The summed E-state index contributed by atoms with van der Waals surface area (Å²) in [7, 11) is 0.